The van der Waals surface area contributed by atoms with Gasteiger partial charge in [-0.1, -0.05) is 90.9 Å². The predicted octanol–water partition coefficient (Wildman–Crippen LogP) is 7.65. The van der Waals surface area contributed by atoms with E-state index in [0.717, 1.165) is 19.3 Å². The fourth-order valence-corrected chi connectivity index (χ4v) is 3.54. The smallest absolute Gasteiger partial charge is 0.168 e. The van der Waals surface area contributed by atoms with Crippen LogP contribution in [0.4, 0.5) is 0 Å². The van der Waals surface area contributed by atoms with Gasteiger partial charge in [0.05, 0.1) is 6.10 Å². The standard InChI is InChI=1S/C22H46O2/c1-6-8-9-10-11-12-13-14-15-16-17-18-20-22(23-5,19-7-2)24-21(3)4/h21H,6-20H2,1-5H3. The van der Waals surface area contributed by atoms with E-state index in [-0.39, 0.29) is 11.9 Å². The average molecular weight is 343 g/mol. The molecule has 1 atom stereocenters. The van der Waals surface area contributed by atoms with Gasteiger partial charge in [0.15, 0.2) is 5.79 Å². The Morgan fingerprint density at radius 1 is 0.625 bits per heavy atom. The molecule has 0 amide bonds. The van der Waals surface area contributed by atoms with Crippen LogP contribution in [0.5, 0.6) is 0 Å². The molecule has 0 bridgehead atoms. The zero-order valence-electron chi connectivity index (χ0n) is 17.5. The third kappa shape index (κ3) is 13.2. The summed E-state index contributed by atoms with van der Waals surface area (Å²) in [5, 5.41) is 0. The van der Waals surface area contributed by atoms with Gasteiger partial charge in [-0.05, 0) is 20.3 Å². The molecule has 0 saturated carbocycles. The number of hydrogen-bond acceptors (Lipinski definition) is 2. The third-order valence-electron chi connectivity index (χ3n) is 4.86. The topological polar surface area (TPSA) is 18.5 Å². The first kappa shape index (κ1) is 23.9. The first-order valence-corrected chi connectivity index (χ1v) is 10.8. The quantitative estimate of drug-likeness (QED) is 0.188. The molecule has 0 aliphatic rings. The lowest BCUT2D eigenvalue weighted by Crippen LogP contribution is -2.37. The summed E-state index contributed by atoms with van der Waals surface area (Å²) >= 11 is 0. The van der Waals surface area contributed by atoms with Crippen LogP contribution in [0.3, 0.4) is 0 Å². The fraction of sp³-hybridized carbons (Fsp3) is 1.00. The number of ether oxygens (including phenoxy) is 2. The zero-order valence-corrected chi connectivity index (χ0v) is 17.5. The van der Waals surface area contributed by atoms with Crippen molar-refractivity contribution in [2.75, 3.05) is 7.11 Å². The molecule has 0 N–H and O–H groups in total. The van der Waals surface area contributed by atoms with Crippen LogP contribution in [0.25, 0.3) is 0 Å². The summed E-state index contributed by atoms with van der Waals surface area (Å²) in [4.78, 5) is 0. The molecule has 2 heteroatoms. The molecule has 24 heavy (non-hydrogen) atoms. The average Bonchev–Trinajstić information content (AvgIpc) is 2.55. The molecule has 2 nitrogen and oxygen atoms in total. The summed E-state index contributed by atoms with van der Waals surface area (Å²) < 4.78 is 11.9. The highest BCUT2D eigenvalue weighted by Gasteiger charge is 2.30. The van der Waals surface area contributed by atoms with Gasteiger partial charge >= 0.3 is 0 Å². The van der Waals surface area contributed by atoms with Gasteiger partial charge < -0.3 is 9.47 Å². The SMILES string of the molecule is CCCCCCCCCCCCCCC(CCC)(OC)OC(C)C. The minimum atomic E-state index is -0.346. The number of hydrogen-bond donors (Lipinski definition) is 0. The van der Waals surface area contributed by atoms with Crippen LogP contribution in [-0.4, -0.2) is 19.0 Å². The summed E-state index contributed by atoms with van der Waals surface area (Å²) in [6, 6.07) is 0. The maximum Gasteiger partial charge on any atom is 0.168 e. The maximum atomic E-state index is 6.11. The van der Waals surface area contributed by atoms with Crippen molar-refractivity contribution < 1.29 is 9.47 Å². The van der Waals surface area contributed by atoms with E-state index in [1.807, 2.05) is 0 Å². The molecule has 0 fully saturated rings. The normalized spacial score (nSPS) is 14.2. The lowest BCUT2D eigenvalue weighted by Gasteiger charge is -2.34. The van der Waals surface area contributed by atoms with Gasteiger partial charge in [0.1, 0.15) is 0 Å². The Kier molecular flexibility index (Phi) is 16.3. The van der Waals surface area contributed by atoms with Gasteiger partial charge in [-0.15, -0.1) is 0 Å². The predicted molar refractivity (Wildman–Crippen MR) is 107 cm³/mol. The van der Waals surface area contributed by atoms with E-state index in [9.17, 15) is 0 Å². The first-order chi connectivity index (χ1) is 11.6. The molecule has 0 aliphatic heterocycles. The molecule has 0 aliphatic carbocycles. The highest BCUT2D eigenvalue weighted by Crippen LogP contribution is 2.28. The number of rotatable bonds is 18. The lowest BCUT2D eigenvalue weighted by molar-refractivity contribution is -0.248. The third-order valence-corrected chi connectivity index (χ3v) is 4.86. The van der Waals surface area contributed by atoms with Crippen molar-refractivity contribution >= 4 is 0 Å². The zero-order chi connectivity index (χ0) is 18.1. The second-order valence-electron chi connectivity index (χ2n) is 7.67. The second-order valence-corrected chi connectivity index (χ2v) is 7.67. The van der Waals surface area contributed by atoms with E-state index in [0.29, 0.717) is 0 Å². The second kappa shape index (κ2) is 16.4. The minimum absolute atomic E-state index is 0.230. The van der Waals surface area contributed by atoms with Gasteiger partial charge in [0, 0.05) is 20.0 Å². The first-order valence-electron chi connectivity index (χ1n) is 10.8. The van der Waals surface area contributed by atoms with E-state index >= 15 is 0 Å². The van der Waals surface area contributed by atoms with Crippen LogP contribution in [0.1, 0.15) is 124 Å². The lowest BCUT2D eigenvalue weighted by atomic mass is 10.0. The molecule has 0 rings (SSSR count). The van der Waals surface area contributed by atoms with Crippen molar-refractivity contribution in [1.29, 1.82) is 0 Å². The molecule has 1 unspecified atom stereocenters. The molecule has 146 valence electrons. The molecule has 0 aromatic carbocycles. The Morgan fingerprint density at radius 2 is 1.08 bits per heavy atom. The summed E-state index contributed by atoms with van der Waals surface area (Å²) in [6.45, 7) is 8.70. The van der Waals surface area contributed by atoms with Gasteiger partial charge in [-0.2, -0.15) is 0 Å². The van der Waals surface area contributed by atoms with Crippen molar-refractivity contribution in [1.82, 2.24) is 0 Å². The molecular weight excluding hydrogens is 296 g/mol. The Balaban J connectivity index is 3.61. The Morgan fingerprint density at radius 3 is 1.46 bits per heavy atom. The van der Waals surface area contributed by atoms with Gasteiger partial charge in [-0.3, -0.25) is 0 Å². The van der Waals surface area contributed by atoms with Crippen molar-refractivity contribution in [2.24, 2.45) is 0 Å². The fourth-order valence-electron chi connectivity index (χ4n) is 3.54. The van der Waals surface area contributed by atoms with Crippen LogP contribution in [0.15, 0.2) is 0 Å². The molecule has 0 saturated heterocycles. The van der Waals surface area contributed by atoms with E-state index in [1.165, 1.54) is 77.0 Å². The molecule has 0 radical (unpaired) electrons. The molecule has 0 spiro atoms. The maximum absolute atomic E-state index is 6.11. The van der Waals surface area contributed by atoms with Crippen molar-refractivity contribution in [3.05, 3.63) is 0 Å². The summed E-state index contributed by atoms with van der Waals surface area (Å²) in [6.07, 6.45) is 20.1. The van der Waals surface area contributed by atoms with E-state index in [1.54, 1.807) is 7.11 Å². The van der Waals surface area contributed by atoms with Gasteiger partial charge in [0.2, 0.25) is 0 Å². The molecular formula is C22H46O2. The van der Waals surface area contributed by atoms with E-state index in [2.05, 4.69) is 27.7 Å². The molecule has 0 aromatic heterocycles. The largest absolute Gasteiger partial charge is 0.353 e. The van der Waals surface area contributed by atoms with Crippen molar-refractivity contribution in [2.45, 2.75) is 136 Å². The van der Waals surface area contributed by atoms with Crippen LogP contribution in [0, 0.1) is 0 Å². The molecule has 0 heterocycles. The molecule has 0 aromatic rings. The van der Waals surface area contributed by atoms with Crippen molar-refractivity contribution in [3.63, 3.8) is 0 Å². The van der Waals surface area contributed by atoms with Crippen LogP contribution < -0.4 is 0 Å². The van der Waals surface area contributed by atoms with Crippen molar-refractivity contribution in [3.8, 4) is 0 Å². The Bertz CT molecular complexity index is 252. The van der Waals surface area contributed by atoms with Crippen LogP contribution >= 0.6 is 0 Å². The Hall–Kier alpha value is -0.0800. The number of unbranched alkanes of at least 4 members (excludes halogenated alkanes) is 11. The van der Waals surface area contributed by atoms with Gasteiger partial charge in [-0.25, -0.2) is 0 Å². The summed E-state index contributed by atoms with van der Waals surface area (Å²) in [5.74, 6) is -0.346. The minimum Gasteiger partial charge on any atom is -0.353 e. The summed E-state index contributed by atoms with van der Waals surface area (Å²) in [7, 11) is 1.80. The van der Waals surface area contributed by atoms with Gasteiger partial charge in [0.25, 0.3) is 0 Å². The number of methoxy groups -OCH3 is 1. The Labute approximate surface area is 153 Å². The highest BCUT2D eigenvalue weighted by molar-refractivity contribution is 4.70. The van der Waals surface area contributed by atoms with Crippen LogP contribution in [-0.2, 0) is 9.47 Å². The monoisotopic (exact) mass is 342 g/mol. The van der Waals surface area contributed by atoms with E-state index in [4.69, 9.17) is 9.47 Å². The van der Waals surface area contributed by atoms with E-state index < -0.39 is 0 Å². The highest BCUT2D eigenvalue weighted by atomic mass is 16.7. The summed E-state index contributed by atoms with van der Waals surface area (Å²) in [5.41, 5.74) is 0. The van der Waals surface area contributed by atoms with Crippen LogP contribution in [0.2, 0.25) is 0 Å².